The van der Waals surface area contributed by atoms with Gasteiger partial charge in [-0.1, -0.05) is 6.92 Å². The first-order chi connectivity index (χ1) is 7.56. The Kier molecular flexibility index (Phi) is 4.49. The molecule has 0 fully saturated rings. The monoisotopic (exact) mass is 225 g/mol. The van der Waals surface area contributed by atoms with Crippen LogP contribution in [-0.4, -0.2) is 34.7 Å². The molecule has 1 rings (SSSR count). The fourth-order valence-corrected chi connectivity index (χ4v) is 1.47. The molecule has 5 nitrogen and oxygen atoms in total. The van der Waals surface area contributed by atoms with Gasteiger partial charge >= 0.3 is 5.69 Å². The molecule has 1 aromatic heterocycles. The molecule has 0 bridgehead atoms. The number of likely N-dealkylation sites (N-methyl/N-ethyl adjacent to an activating group) is 1. The van der Waals surface area contributed by atoms with E-state index in [4.69, 9.17) is 0 Å². The lowest BCUT2D eigenvalue weighted by atomic mass is 10.4. The van der Waals surface area contributed by atoms with Gasteiger partial charge in [-0.2, -0.15) is 0 Å². The number of rotatable bonds is 5. The zero-order valence-corrected chi connectivity index (χ0v) is 10.1. The van der Waals surface area contributed by atoms with Gasteiger partial charge in [-0.3, -0.25) is 9.36 Å². The quantitative estimate of drug-likeness (QED) is 0.707. The van der Waals surface area contributed by atoms with Gasteiger partial charge in [0.05, 0.1) is 0 Å². The second-order valence-electron chi connectivity index (χ2n) is 4.08. The second kappa shape index (κ2) is 5.65. The molecule has 90 valence electrons. The molecule has 0 N–H and O–H groups in total. The SMILES string of the molecule is CCCn1ccc(=O)n(CCN(C)C)c1=O. The van der Waals surface area contributed by atoms with Crippen LogP contribution in [0.5, 0.6) is 0 Å². The Hall–Kier alpha value is -1.36. The summed E-state index contributed by atoms with van der Waals surface area (Å²) in [6.45, 7) is 3.78. The second-order valence-corrected chi connectivity index (χ2v) is 4.08. The highest BCUT2D eigenvalue weighted by Gasteiger charge is 2.04. The Labute approximate surface area is 94.9 Å². The molecule has 16 heavy (non-hydrogen) atoms. The highest BCUT2D eigenvalue weighted by Crippen LogP contribution is 1.84. The van der Waals surface area contributed by atoms with Crippen LogP contribution in [-0.2, 0) is 13.1 Å². The third-order valence-electron chi connectivity index (χ3n) is 2.38. The first kappa shape index (κ1) is 12.7. The standard InChI is InChI=1S/C11H19N3O2/c1-4-6-13-7-5-10(15)14(11(13)16)9-8-12(2)3/h5,7H,4,6,8-9H2,1-3H3. The minimum absolute atomic E-state index is 0.212. The molecular weight excluding hydrogens is 206 g/mol. The van der Waals surface area contributed by atoms with Gasteiger partial charge in [-0.25, -0.2) is 4.79 Å². The molecule has 1 aromatic rings. The minimum Gasteiger partial charge on any atom is -0.308 e. The van der Waals surface area contributed by atoms with Crippen LogP contribution in [0.3, 0.4) is 0 Å². The molecule has 0 aromatic carbocycles. The van der Waals surface area contributed by atoms with Crippen LogP contribution in [0.25, 0.3) is 0 Å². The smallest absolute Gasteiger partial charge is 0.308 e. The van der Waals surface area contributed by atoms with E-state index in [1.807, 2.05) is 25.9 Å². The average Bonchev–Trinajstić information content (AvgIpc) is 2.22. The fourth-order valence-electron chi connectivity index (χ4n) is 1.47. The van der Waals surface area contributed by atoms with Crippen molar-refractivity contribution in [2.45, 2.75) is 26.4 Å². The van der Waals surface area contributed by atoms with E-state index in [1.165, 1.54) is 10.6 Å². The van der Waals surface area contributed by atoms with Crippen LogP contribution in [0.2, 0.25) is 0 Å². The van der Waals surface area contributed by atoms with Gasteiger partial charge in [0.15, 0.2) is 0 Å². The van der Waals surface area contributed by atoms with Crippen molar-refractivity contribution < 1.29 is 0 Å². The van der Waals surface area contributed by atoms with Crippen LogP contribution in [0, 0.1) is 0 Å². The summed E-state index contributed by atoms with van der Waals surface area (Å²) in [6, 6.07) is 1.45. The summed E-state index contributed by atoms with van der Waals surface area (Å²) in [7, 11) is 3.83. The summed E-state index contributed by atoms with van der Waals surface area (Å²) in [5.41, 5.74) is -0.435. The fraction of sp³-hybridized carbons (Fsp3) is 0.636. The molecule has 0 aliphatic heterocycles. The Bertz CT molecular complexity index is 445. The lowest BCUT2D eigenvalue weighted by Crippen LogP contribution is -2.41. The Morgan fingerprint density at radius 2 is 1.94 bits per heavy atom. The average molecular weight is 225 g/mol. The molecule has 0 unspecified atom stereocenters. The topological polar surface area (TPSA) is 47.2 Å². The van der Waals surface area contributed by atoms with Gasteiger partial charge in [0.2, 0.25) is 0 Å². The highest BCUT2D eigenvalue weighted by atomic mass is 16.2. The molecule has 0 radical (unpaired) electrons. The largest absolute Gasteiger partial charge is 0.331 e. The summed E-state index contributed by atoms with van der Waals surface area (Å²) >= 11 is 0. The highest BCUT2D eigenvalue weighted by molar-refractivity contribution is 4.86. The van der Waals surface area contributed by atoms with Crippen molar-refractivity contribution in [1.82, 2.24) is 14.0 Å². The van der Waals surface area contributed by atoms with Crippen LogP contribution in [0.1, 0.15) is 13.3 Å². The lowest BCUT2D eigenvalue weighted by molar-refractivity contribution is 0.372. The number of hydrogen-bond acceptors (Lipinski definition) is 3. The van der Waals surface area contributed by atoms with Crippen LogP contribution < -0.4 is 11.2 Å². The van der Waals surface area contributed by atoms with E-state index in [9.17, 15) is 9.59 Å². The van der Waals surface area contributed by atoms with Gasteiger partial charge in [0, 0.05) is 31.9 Å². The number of nitrogens with zero attached hydrogens (tertiary/aromatic N) is 3. The predicted octanol–water partition coefficient (Wildman–Crippen LogP) is -0.0184. The van der Waals surface area contributed by atoms with E-state index in [0.29, 0.717) is 19.6 Å². The van der Waals surface area contributed by atoms with Crippen LogP contribution >= 0.6 is 0 Å². The Morgan fingerprint density at radius 3 is 2.50 bits per heavy atom. The third kappa shape index (κ3) is 3.06. The molecule has 1 heterocycles. The van der Waals surface area contributed by atoms with Gasteiger partial charge in [-0.15, -0.1) is 0 Å². The van der Waals surface area contributed by atoms with Crippen molar-refractivity contribution in [2.24, 2.45) is 0 Å². The Balaban J connectivity index is 3.02. The molecule has 0 amide bonds. The molecule has 0 saturated heterocycles. The molecule has 0 aliphatic rings. The van der Waals surface area contributed by atoms with Gasteiger partial charge < -0.3 is 9.47 Å². The minimum atomic E-state index is -0.223. The van der Waals surface area contributed by atoms with E-state index >= 15 is 0 Å². The summed E-state index contributed by atoms with van der Waals surface area (Å²) in [5.74, 6) is 0. The van der Waals surface area contributed by atoms with E-state index in [-0.39, 0.29) is 11.2 Å². The van der Waals surface area contributed by atoms with E-state index in [2.05, 4.69) is 0 Å². The summed E-state index contributed by atoms with van der Waals surface area (Å²) in [4.78, 5) is 25.4. The van der Waals surface area contributed by atoms with E-state index in [1.54, 1.807) is 10.8 Å². The number of aryl methyl sites for hydroxylation is 1. The number of aromatic nitrogens is 2. The van der Waals surface area contributed by atoms with Crippen molar-refractivity contribution in [2.75, 3.05) is 20.6 Å². The molecule has 5 heteroatoms. The molecular formula is C11H19N3O2. The third-order valence-corrected chi connectivity index (χ3v) is 2.38. The normalized spacial score (nSPS) is 11.0. The maximum absolute atomic E-state index is 11.9. The molecule has 0 atom stereocenters. The van der Waals surface area contributed by atoms with E-state index < -0.39 is 0 Å². The van der Waals surface area contributed by atoms with Crippen LogP contribution in [0.4, 0.5) is 0 Å². The first-order valence-electron chi connectivity index (χ1n) is 5.51. The summed E-state index contributed by atoms with van der Waals surface area (Å²) < 4.78 is 2.87. The molecule has 0 aliphatic carbocycles. The molecule has 0 spiro atoms. The Morgan fingerprint density at radius 1 is 1.25 bits per heavy atom. The number of hydrogen-bond donors (Lipinski definition) is 0. The van der Waals surface area contributed by atoms with Crippen molar-refractivity contribution >= 4 is 0 Å². The van der Waals surface area contributed by atoms with E-state index in [0.717, 1.165) is 6.42 Å². The van der Waals surface area contributed by atoms with Crippen molar-refractivity contribution in [3.05, 3.63) is 33.1 Å². The summed E-state index contributed by atoms with van der Waals surface area (Å²) in [6.07, 6.45) is 2.45. The van der Waals surface area contributed by atoms with Crippen molar-refractivity contribution in [3.63, 3.8) is 0 Å². The molecule has 0 saturated carbocycles. The predicted molar refractivity (Wildman–Crippen MR) is 63.8 cm³/mol. The first-order valence-corrected chi connectivity index (χ1v) is 5.51. The van der Waals surface area contributed by atoms with Crippen molar-refractivity contribution in [1.29, 1.82) is 0 Å². The zero-order chi connectivity index (χ0) is 12.1. The van der Waals surface area contributed by atoms with Gasteiger partial charge in [0.25, 0.3) is 5.56 Å². The zero-order valence-electron chi connectivity index (χ0n) is 10.1. The maximum Gasteiger partial charge on any atom is 0.331 e. The van der Waals surface area contributed by atoms with Gasteiger partial charge in [-0.05, 0) is 20.5 Å². The van der Waals surface area contributed by atoms with Gasteiger partial charge in [0.1, 0.15) is 0 Å². The maximum atomic E-state index is 11.9. The van der Waals surface area contributed by atoms with Crippen molar-refractivity contribution in [3.8, 4) is 0 Å². The summed E-state index contributed by atoms with van der Waals surface area (Å²) in [5, 5.41) is 0. The lowest BCUT2D eigenvalue weighted by Gasteiger charge is -2.12. The van der Waals surface area contributed by atoms with Crippen LogP contribution in [0.15, 0.2) is 21.9 Å².